The molecule has 1 amide bonds. The van der Waals surface area contributed by atoms with Crippen molar-refractivity contribution < 1.29 is 9.59 Å². The number of anilines is 1. The molecule has 0 radical (unpaired) electrons. The first-order valence-electron chi connectivity index (χ1n) is 5.39. The molecule has 1 fully saturated rings. The number of ketones is 1. The van der Waals surface area contributed by atoms with Crippen molar-refractivity contribution in [3.8, 4) is 5.69 Å². The highest BCUT2D eigenvalue weighted by Gasteiger charge is 2.28. The number of amides is 1. The van der Waals surface area contributed by atoms with Crippen LogP contribution in [0, 0.1) is 0 Å². The Morgan fingerprint density at radius 2 is 2.00 bits per heavy atom. The van der Waals surface area contributed by atoms with Crippen molar-refractivity contribution in [3.63, 3.8) is 0 Å². The summed E-state index contributed by atoms with van der Waals surface area (Å²) in [5.74, 6) is -0.235. The normalized spacial score (nSPS) is 15.4. The number of nitrogens with zero attached hydrogens (tertiary/aromatic N) is 5. The van der Waals surface area contributed by atoms with E-state index in [-0.39, 0.29) is 24.7 Å². The molecule has 18 heavy (non-hydrogen) atoms. The fraction of sp³-hybridized carbons (Fsp3) is 0.182. The maximum Gasteiger partial charge on any atom is 0.234 e. The van der Waals surface area contributed by atoms with Gasteiger partial charge in [-0.2, -0.15) is 0 Å². The lowest BCUT2D eigenvalue weighted by molar-refractivity contribution is -0.121. The molecular formula is C11H9N5O2. The largest absolute Gasteiger partial charge is 0.305 e. The smallest absolute Gasteiger partial charge is 0.234 e. The van der Waals surface area contributed by atoms with Crippen molar-refractivity contribution in [2.75, 3.05) is 11.4 Å². The van der Waals surface area contributed by atoms with E-state index in [0.29, 0.717) is 5.69 Å². The predicted molar refractivity (Wildman–Crippen MR) is 61.1 cm³/mol. The van der Waals surface area contributed by atoms with E-state index in [1.807, 2.05) is 6.07 Å². The van der Waals surface area contributed by atoms with Gasteiger partial charge in [0.25, 0.3) is 0 Å². The van der Waals surface area contributed by atoms with Crippen LogP contribution in [0.15, 0.2) is 30.6 Å². The number of carbonyl (C=O) groups excluding carboxylic acids is 2. The van der Waals surface area contributed by atoms with Crippen LogP contribution in [0.2, 0.25) is 0 Å². The second-order valence-corrected chi connectivity index (χ2v) is 3.97. The number of carbonyl (C=O) groups is 2. The summed E-state index contributed by atoms with van der Waals surface area (Å²) in [5, 5.41) is 10.9. The Kier molecular flexibility index (Phi) is 2.36. The maximum atomic E-state index is 11.6. The summed E-state index contributed by atoms with van der Waals surface area (Å²) in [5.41, 5.74) is 1.42. The van der Waals surface area contributed by atoms with E-state index in [2.05, 4.69) is 15.5 Å². The molecule has 0 atom stereocenters. The molecule has 90 valence electrons. The second-order valence-electron chi connectivity index (χ2n) is 3.97. The number of aromatic nitrogens is 4. The molecule has 0 bridgehead atoms. The minimum atomic E-state index is -0.172. The SMILES string of the molecule is O=C1CC(=O)N(c2cccc(-n3cnnn3)c2)C1. The Labute approximate surface area is 102 Å². The Hall–Kier alpha value is -2.57. The van der Waals surface area contributed by atoms with E-state index in [1.165, 1.54) is 15.9 Å². The van der Waals surface area contributed by atoms with Crippen molar-refractivity contribution in [3.05, 3.63) is 30.6 Å². The Morgan fingerprint density at radius 3 is 2.67 bits per heavy atom. The lowest BCUT2D eigenvalue weighted by Gasteiger charge is -2.15. The van der Waals surface area contributed by atoms with E-state index in [9.17, 15) is 9.59 Å². The second kappa shape index (κ2) is 4.02. The van der Waals surface area contributed by atoms with Crippen molar-refractivity contribution in [2.45, 2.75) is 6.42 Å². The number of hydrogen-bond acceptors (Lipinski definition) is 5. The average molecular weight is 243 g/mol. The van der Waals surface area contributed by atoms with Gasteiger partial charge in [-0.15, -0.1) is 5.10 Å². The Bertz CT molecular complexity index is 608. The molecule has 0 aliphatic carbocycles. The van der Waals surface area contributed by atoms with Gasteiger partial charge in [0.05, 0.1) is 18.7 Å². The summed E-state index contributed by atoms with van der Waals surface area (Å²) >= 11 is 0. The highest BCUT2D eigenvalue weighted by molar-refractivity contribution is 6.15. The molecule has 1 aliphatic heterocycles. The van der Waals surface area contributed by atoms with Gasteiger partial charge in [0, 0.05) is 5.69 Å². The molecule has 1 aromatic carbocycles. The van der Waals surface area contributed by atoms with Gasteiger partial charge in [-0.1, -0.05) is 6.07 Å². The van der Waals surface area contributed by atoms with Gasteiger partial charge in [0.1, 0.15) is 6.33 Å². The van der Waals surface area contributed by atoms with Crippen LogP contribution >= 0.6 is 0 Å². The monoisotopic (exact) mass is 243 g/mol. The minimum Gasteiger partial charge on any atom is -0.305 e. The van der Waals surface area contributed by atoms with E-state index in [1.54, 1.807) is 18.2 Å². The first-order chi connectivity index (χ1) is 8.74. The van der Waals surface area contributed by atoms with Gasteiger partial charge in [-0.05, 0) is 28.6 Å². The summed E-state index contributed by atoms with van der Waals surface area (Å²) in [6, 6.07) is 7.17. The number of benzene rings is 1. The lowest BCUT2D eigenvalue weighted by atomic mass is 10.2. The first kappa shape index (κ1) is 10.6. The fourth-order valence-electron chi connectivity index (χ4n) is 1.90. The van der Waals surface area contributed by atoms with Crippen molar-refractivity contribution >= 4 is 17.4 Å². The number of rotatable bonds is 2. The van der Waals surface area contributed by atoms with E-state index < -0.39 is 0 Å². The molecule has 2 heterocycles. The van der Waals surface area contributed by atoms with E-state index in [0.717, 1.165) is 5.69 Å². The zero-order valence-electron chi connectivity index (χ0n) is 9.35. The molecule has 1 aromatic heterocycles. The molecule has 0 N–H and O–H groups in total. The average Bonchev–Trinajstić information content (AvgIpc) is 2.99. The summed E-state index contributed by atoms with van der Waals surface area (Å²) < 4.78 is 1.49. The molecule has 0 saturated carbocycles. The van der Waals surface area contributed by atoms with E-state index >= 15 is 0 Å². The summed E-state index contributed by atoms with van der Waals surface area (Å²) in [6.07, 6.45) is 1.45. The molecule has 7 nitrogen and oxygen atoms in total. The number of tetrazole rings is 1. The molecule has 7 heteroatoms. The quantitative estimate of drug-likeness (QED) is 0.692. The van der Waals surface area contributed by atoms with Crippen LogP contribution in [0.25, 0.3) is 5.69 Å². The molecule has 1 saturated heterocycles. The summed E-state index contributed by atoms with van der Waals surface area (Å²) in [7, 11) is 0. The zero-order chi connectivity index (χ0) is 12.5. The van der Waals surface area contributed by atoms with Gasteiger partial charge in [-0.3, -0.25) is 9.59 Å². The van der Waals surface area contributed by atoms with Gasteiger partial charge < -0.3 is 4.90 Å². The predicted octanol–water partition coefficient (Wildman–Crippen LogP) is -0.0319. The standard InChI is InChI=1S/C11H9N5O2/c17-10-5-11(18)15(6-10)8-2-1-3-9(4-8)16-7-12-13-14-16/h1-4,7H,5-6H2. The Balaban J connectivity index is 1.97. The zero-order valence-corrected chi connectivity index (χ0v) is 9.35. The number of hydrogen-bond donors (Lipinski definition) is 0. The van der Waals surface area contributed by atoms with E-state index in [4.69, 9.17) is 0 Å². The highest BCUT2D eigenvalue weighted by Crippen LogP contribution is 2.22. The third kappa shape index (κ3) is 1.75. The molecule has 1 aliphatic rings. The molecular weight excluding hydrogens is 234 g/mol. The van der Waals surface area contributed by atoms with Crippen LogP contribution in [0.4, 0.5) is 5.69 Å². The summed E-state index contributed by atoms with van der Waals surface area (Å²) in [4.78, 5) is 24.4. The van der Waals surface area contributed by atoms with Crippen molar-refractivity contribution in [2.24, 2.45) is 0 Å². The third-order valence-corrected chi connectivity index (χ3v) is 2.74. The van der Waals surface area contributed by atoms with Gasteiger partial charge in [-0.25, -0.2) is 4.68 Å². The van der Waals surface area contributed by atoms with Crippen molar-refractivity contribution in [1.82, 2.24) is 20.2 Å². The lowest BCUT2D eigenvalue weighted by Crippen LogP contribution is -2.24. The van der Waals surface area contributed by atoms with Crippen LogP contribution in [0.3, 0.4) is 0 Å². The number of Topliss-reactive ketones (excluding diaryl/α,β-unsaturated/α-hetero) is 1. The van der Waals surface area contributed by atoms with Gasteiger partial charge >= 0.3 is 0 Å². The first-order valence-corrected chi connectivity index (χ1v) is 5.39. The van der Waals surface area contributed by atoms with Crippen LogP contribution in [0.1, 0.15) is 6.42 Å². The topological polar surface area (TPSA) is 81.0 Å². The van der Waals surface area contributed by atoms with Gasteiger partial charge in [0.15, 0.2) is 5.78 Å². The molecule has 0 spiro atoms. The van der Waals surface area contributed by atoms with Crippen LogP contribution in [0.5, 0.6) is 0 Å². The van der Waals surface area contributed by atoms with Crippen LogP contribution < -0.4 is 4.90 Å². The van der Waals surface area contributed by atoms with Crippen molar-refractivity contribution in [1.29, 1.82) is 0 Å². The van der Waals surface area contributed by atoms with Gasteiger partial charge in [0.2, 0.25) is 5.91 Å². The van der Waals surface area contributed by atoms with Crippen LogP contribution in [-0.2, 0) is 9.59 Å². The Morgan fingerprint density at radius 1 is 1.17 bits per heavy atom. The molecule has 3 rings (SSSR count). The fourth-order valence-corrected chi connectivity index (χ4v) is 1.90. The van der Waals surface area contributed by atoms with Crippen LogP contribution in [-0.4, -0.2) is 38.4 Å². The third-order valence-electron chi connectivity index (χ3n) is 2.74. The highest BCUT2D eigenvalue weighted by atomic mass is 16.2. The molecule has 0 unspecified atom stereocenters. The minimum absolute atomic E-state index is 0.0187. The molecule has 2 aromatic rings. The summed E-state index contributed by atoms with van der Waals surface area (Å²) in [6.45, 7) is 0.137. The maximum absolute atomic E-state index is 11.6.